The van der Waals surface area contributed by atoms with Crippen LogP contribution in [0.25, 0.3) is 0 Å². The molecule has 0 aliphatic carbocycles. The lowest BCUT2D eigenvalue weighted by atomic mass is 9.90. The van der Waals surface area contributed by atoms with Crippen molar-refractivity contribution in [1.82, 2.24) is 15.1 Å². The van der Waals surface area contributed by atoms with E-state index in [0.717, 1.165) is 39.3 Å². The van der Waals surface area contributed by atoms with E-state index in [0.29, 0.717) is 5.91 Å². The second-order valence-electron chi connectivity index (χ2n) is 6.02. The standard InChI is InChI=1S/C14H29N3O/c1-5-6-9-16(4)12-14(2,3)13(18)17-10-7-15-8-11-17/h15H,5-12H2,1-4H3. The molecule has 1 amide bonds. The molecule has 0 atom stereocenters. The average molecular weight is 255 g/mol. The minimum absolute atomic E-state index is 0.278. The molecule has 1 N–H and O–H groups in total. The van der Waals surface area contributed by atoms with Crippen molar-refractivity contribution in [2.24, 2.45) is 5.41 Å². The molecule has 18 heavy (non-hydrogen) atoms. The van der Waals surface area contributed by atoms with Crippen LogP contribution in [-0.2, 0) is 4.79 Å². The molecule has 0 unspecified atom stereocenters. The summed E-state index contributed by atoms with van der Waals surface area (Å²) in [7, 11) is 2.11. The van der Waals surface area contributed by atoms with Gasteiger partial charge >= 0.3 is 0 Å². The molecular formula is C14H29N3O. The SMILES string of the molecule is CCCCN(C)CC(C)(C)C(=O)N1CCNCC1. The van der Waals surface area contributed by atoms with Crippen LogP contribution in [0.15, 0.2) is 0 Å². The monoisotopic (exact) mass is 255 g/mol. The Balaban J connectivity index is 2.47. The average Bonchev–Trinajstić information content (AvgIpc) is 2.36. The Kier molecular flexibility index (Phi) is 6.09. The summed E-state index contributed by atoms with van der Waals surface area (Å²) in [6, 6.07) is 0. The topological polar surface area (TPSA) is 35.6 Å². The molecule has 1 rings (SSSR count). The summed E-state index contributed by atoms with van der Waals surface area (Å²) in [6.07, 6.45) is 2.41. The van der Waals surface area contributed by atoms with Crippen LogP contribution in [0.4, 0.5) is 0 Å². The van der Waals surface area contributed by atoms with Crippen LogP contribution in [0.5, 0.6) is 0 Å². The summed E-state index contributed by atoms with van der Waals surface area (Å²) in [5, 5.41) is 3.29. The molecule has 0 radical (unpaired) electrons. The van der Waals surface area contributed by atoms with E-state index in [4.69, 9.17) is 0 Å². The molecule has 4 heteroatoms. The first-order valence-electron chi connectivity index (χ1n) is 7.16. The molecule has 1 heterocycles. The lowest BCUT2D eigenvalue weighted by molar-refractivity contribution is -0.141. The number of unbranched alkanes of at least 4 members (excludes halogenated alkanes) is 1. The zero-order chi connectivity index (χ0) is 13.6. The summed E-state index contributed by atoms with van der Waals surface area (Å²) in [4.78, 5) is 16.8. The quantitative estimate of drug-likeness (QED) is 0.774. The minimum atomic E-state index is -0.278. The summed E-state index contributed by atoms with van der Waals surface area (Å²) in [6.45, 7) is 11.8. The molecule has 0 bridgehead atoms. The van der Waals surface area contributed by atoms with E-state index in [-0.39, 0.29) is 5.41 Å². The number of nitrogens with zero attached hydrogens (tertiary/aromatic N) is 2. The molecule has 1 saturated heterocycles. The Morgan fingerprint density at radius 2 is 1.94 bits per heavy atom. The van der Waals surface area contributed by atoms with E-state index >= 15 is 0 Å². The van der Waals surface area contributed by atoms with Crippen LogP contribution in [0.2, 0.25) is 0 Å². The summed E-state index contributed by atoms with van der Waals surface area (Å²) in [5.74, 6) is 0.298. The smallest absolute Gasteiger partial charge is 0.229 e. The number of amides is 1. The molecule has 1 fully saturated rings. The maximum Gasteiger partial charge on any atom is 0.229 e. The zero-order valence-corrected chi connectivity index (χ0v) is 12.5. The summed E-state index contributed by atoms with van der Waals surface area (Å²) in [5.41, 5.74) is -0.278. The van der Waals surface area contributed by atoms with Gasteiger partial charge in [-0.3, -0.25) is 4.79 Å². The Bertz CT molecular complexity index is 260. The molecule has 1 aliphatic rings. The fourth-order valence-corrected chi connectivity index (χ4v) is 2.55. The van der Waals surface area contributed by atoms with E-state index < -0.39 is 0 Å². The van der Waals surface area contributed by atoms with Gasteiger partial charge in [0.1, 0.15) is 0 Å². The van der Waals surface area contributed by atoms with Crippen LogP contribution in [0.3, 0.4) is 0 Å². The van der Waals surface area contributed by atoms with E-state index in [1.165, 1.54) is 12.8 Å². The summed E-state index contributed by atoms with van der Waals surface area (Å²) < 4.78 is 0. The third-order valence-electron chi connectivity index (χ3n) is 3.54. The number of rotatable bonds is 6. The highest BCUT2D eigenvalue weighted by molar-refractivity contribution is 5.82. The molecular weight excluding hydrogens is 226 g/mol. The molecule has 0 spiro atoms. The predicted octanol–water partition coefficient (Wildman–Crippen LogP) is 1.18. The third-order valence-corrected chi connectivity index (χ3v) is 3.54. The van der Waals surface area contributed by atoms with E-state index in [2.05, 4.69) is 38.0 Å². The number of carbonyl (C=O) groups excluding carboxylic acids is 1. The number of hydrogen-bond donors (Lipinski definition) is 1. The van der Waals surface area contributed by atoms with Gasteiger partial charge in [0.25, 0.3) is 0 Å². The zero-order valence-electron chi connectivity index (χ0n) is 12.5. The van der Waals surface area contributed by atoms with Crippen molar-refractivity contribution in [3.63, 3.8) is 0 Å². The highest BCUT2D eigenvalue weighted by atomic mass is 16.2. The number of hydrogen-bond acceptors (Lipinski definition) is 3. The fourth-order valence-electron chi connectivity index (χ4n) is 2.55. The second-order valence-corrected chi connectivity index (χ2v) is 6.02. The highest BCUT2D eigenvalue weighted by Crippen LogP contribution is 2.20. The Morgan fingerprint density at radius 1 is 1.33 bits per heavy atom. The molecule has 0 aromatic carbocycles. The van der Waals surface area contributed by atoms with Gasteiger partial charge in [-0.1, -0.05) is 13.3 Å². The first-order valence-corrected chi connectivity index (χ1v) is 7.16. The maximum absolute atomic E-state index is 12.5. The van der Waals surface area contributed by atoms with Gasteiger partial charge in [-0.15, -0.1) is 0 Å². The van der Waals surface area contributed by atoms with Gasteiger partial charge in [-0.05, 0) is 33.9 Å². The van der Waals surface area contributed by atoms with Gasteiger partial charge in [0.2, 0.25) is 5.91 Å². The lowest BCUT2D eigenvalue weighted by Crippen LogP contribution is -2.52. The predicted molar refractivity (Wildman–Crippen MR) is 75.6 cm³/mol. The normalized spacial score (nSPS) is 17.3. The molecule has 0 aromatic rings. The van der Waals surface area contributed by atoms with Crippen molar-refractivity contribution in [3.05, 3.63) is 0 Å². The third kappa shape index (κ3) is 4.58. The van der Waals surface area contributed by atoms with E-state index in [1.54, 1.807) is 0 Å². The maximum atomic E-state index is 12.5. The fraction of sp³-hybridized carbons (Fsp3) is 0.929. The van der Waals surface area contributed by atoms with E-state index in [1.807, 2.05) is 4.90 Å². The van der Waals surface area contributed by atoms with Gasteiger partial charge in [-0.25, -0.2) is 0 Å². The van der Waals surface area contributed by atoms with Crippen LogP contribution < -0.4 is 5.32 Å². The van der Waals surface area contributed by atoms with Crippen molar-refractivity contribution < 1.29 is 4.79 Å². The van der Waals surface area contributed by atoms with Crippen molar-refractivity contribution in [1.29, 1.82) is 0 Å². The Hall–Kier alpha value is -0.610. The van der Waals surface area contributed by atoms with Gasteiger partial charge in [0, 0.05) is 32.7 Å². The van der Waals surface area contributed by atoms with Gasteiger partial charge in [0.05, 0.1) is 5.41 Å². The van der Waals surface area contributed by atoms with Crippen LogP contribution >= 0.6 is 0 Å². The second kappa shape index (κ2) is 7.10. The molecule has 0 aromatic heterocycles. The van der Waals surface area contributed by atoms with E-state index in [9.17, 15) is 4.79 Å². The van der Waals surface area contributed by atoms with Crippen molar-refractivity contribution >= 4 is 5.91 Å². The van der Waals surface area contributed by atoms with Gasteiger partial charge in [-0.2, -0.15) is 0 Å². The Morgan fingerprint density at radius 3 is 2.50 bits per heavy atom. The first-order chi connectivity index (χ1) is 8.47. The van der Waals surface area contributed by atoms with Crippen molar-refractivity contribution in [3.8, 4) is 0 Å². The molecule has 4 nitrogen and oxygen atoms in total. The summed E-state index contributed by atoms with van der Waals surface area (Å²) >= 11 is 0. The first kappa shape index (κ1) is 15.4. The van der Waals surface area contributed by atoms with Gasteiger partial charge in [0.15, 0.2) is 0 Å². The van der Waals surface area contributed by atoms with Crippen molar-refractivity contribution in [2.45, 2.75) is 33.6 Å². The highest BCUT2D eigenvalue weighted by Gasteiger charge is 2.33. The van der Waals surface area contributed by atoms with Crippen LogP contribution in [0.1, 0.15) is 33.6 Å². The van der Waals surface area contributed by atoms with Gasteiger partial charge < -0.3 is 15.1 Å². The van der Waals surface area contributed by atoms with Crippen molar-refractivity contribution in [2.75, 3.05) is 46.3 Å². The minimum Gasteiger partial charge on any atom is -0.340 e. The van der Waals surface area contributed by atoms with Crippen LogP contribution in [0, 0.1) is 5.41 Å². The Labute approximate surface area is 112 Å². The van der Waals surface area contributed by atoms with Crippen LogP contribution in [-0.4, -0.2) is 62.0 Å². The number of carbonyl (C=O) groups is 1. The number of nitrogens with one attached hydrogen (secondary N) is 1. The molecule has 106 valence electrons. The lowest BCUT2D eigenvalue weighted by Gasteiger charge is -2.36. The largest absolute Gasteiger partial charge is 0.340 e. The number of piperazine rings is 1. The molecule has 1 aliphatic heterocycles. The molecule has 0 saturated carbocycles.